The molecule has 1 aliphatic carbocycles. The van der Waals surface area contributed by atoms with E-state index in [0.717, 1.165) is 65.8 Å². The van der Waals surface area contributed by atoms with Crippen molar-refractivity contribution in [2.45, 2.75) is 42.8 Å². The Labute approximate surface area is 200 Å². The largest absolute Gasteiger partial charge is 0.341 e. The highest BCUT2D eigenvalue weighted by Gasteiger charge is 2.31. The molecule has 33 heavy (non-hydrogen) atoms. The lowest BCUT2D eigenvalue weighted by Gasteiger charge is -2.31. The lowest BCUT2D eigenvalue weighted by Crippen LogP contribution is -2.40. The van der Waals surface area contributed by atoms with Gasteiger partial charge in [-0.05, 0) is 49.9 Å². The number of hydrogen-bond donors (Lipinski definition) is 0. The lowest BCUT2D eigenvalue weighted by atomic mass is 9.99. The van der Waals surface area contributed by atoms with Crippen LogP contribution >= 0.6 is 23.1 Å². The van der Waals surface area contributed by atoms with Gasteiger partial charge < -0.3 is 4.90 Å². The van der Waals surface area contributed by atoms with Crippen molar-refractivity contribution in [3.05, 3.63) is 53.8 Å². The average molecular weight is 477 g/mol. The maximum Gasteiger partial charge on any atom is 0.233 e. The predicted molar refractivity (Wildman–Crippen MR) is 130 cm³/mol. The van der Waals surface area contributed by atoms with Gasteiger partial charge in [0.2, 0.25) is 5.91 Å². The molecule has 6 rings (SSSR count). The Hall–Kier alpha value is -2.78. The Balaban J connectivity index is 1.14. The molecule has 168 valence electrons. The lowest BCUT2D eigenvalue weighted by molar-refractivity contribution is -0.129. The highest BCUT2D eigenvalue weighted by atomic mass is 32.2. The quantitative estimate of drug-likeness (QED) is 0.373. The molecule has 0 N–H and O–H groups in total. The first-order valence-electron chi connectivity index (χ1n) is 11.4. The van der Waals surface area contributed by atoms with E-state index < -0.39 is 0 Å². The van der Waals surface area contributed by atoms with E-state index in [1.54, 1.807) is 23.7 Å². The molecular weight excluding hydrogens is 452 g/mol. The van der Waals surface area contributed by atoms with Crippen molar-refractivity contribution >= 4 is 39.2 Å². The number of thiazole rings is 1. The summed E-state index contributed by atoms with van der Waals surface area (Å²) in [6.07, 6.45) is 7.91. The maximum absolute atomic E-state index is 13.1. The Morgan fingerprint density at radius 2 is 1.94 bits per heavy atom. The van der Waals surface area contributed by atoms with E-state index in [1.807, 2.05) is 23.1 Å². The third-order valence-corrected chi connectivity index (χ3v) is 8.40. The topological polar surface area (TPSA) is 76.8 Å². The van der Waals surface area contributed by atoms with Gasteiger partial charge in [0.05, 0.1) is 21.0 Å². The van der Waals surface area contributed by atoms with Crippen molar-refractivity contribution in [1.82, 2.24) is 29.6 Å². The van der Waals surface area contributed by atoms with Crippen molar-refractivity contribution in [2.75, 3.05) is 18.8 Å². The van der Waals surface area contributed by atoms with E-state index in [4.69, 9.17) is 4.98 Å². The van der Waals surface area contributed by atoms with Crippen LogP contribution in [0.3, 0.4) is 0 Å². The summed E-state index contributed by atoms with van der Waals surface area (Å²) in [7, 11) is 0. The standard InChI is InChI=1S/C24H24N6OS2/c31-21(29-13-3-4-17(14-29)23-26-19-5-1-2-6-20(19)33-23)15-32-24-28-27-22(30(24)18-7-8-18)16-9-11-25-12-10-16/h1-2,5-6,9-12,17-18H,3-4,7-8,13-15H2. The van der Waals surface area contributed by atoms with Crippen LogP contribution in [0.5, 0.6) is 0 Å². The molecular formula is C24H24N6OS2. The molecule has 9 heteroatoms. The highest BCUT2D eigenvalue weighted by molar-refractivity contribution is 7.99. The molecule has 4 heterocycles. The third-order valence-electron chi connectivity index (χ3n) is 6.27. The van der Waals surface area contributed by atoms with Gasteiger partial charge in [-0.2, -0.15) is 0 Å². The van der Waals surface area contributed by atoms with E-state index in [9.17, 15) is 4.79 Å². The SMILES string of the molecule is O=C(CSc1nnc(-c2ccncc2)n1C1CC1)N1CCCC(c2nc3ccccc3s2)C1. The molecule has 7 nitrogen and oxygen atoms in total. The number of aromatic nitrogens is 5. The van der Waals surface area contributed by atoms with Crippen molar-refractivity contribution in [3.8, 4) is 11.4 Å². The number of thioether (sulfide) groups is 1. The van der Waals surface area contributed by atoms with Gasteiger partial charge in [0.15, 0.2) is 11.0 Å². The first-order valence-corrected chi connectivity index (χ1v) is 13.2. The first kappa shape index (κ1) is 20.8. The summed E-state index contributed by atoms with van der Waals surface area (Å²) in [6.45, 7) is 1.56. The monoisotopic (exact) mass is 476 g/mol. The number of piperidine rings is 1. The number of carbonyl (C=O) groups excluding carboxylic acids is 1. The summed E-state index contributed by atoms with van der Waals surface area (Å²) in [5, 5.41) is 10.9. The minimum atomic E-state index is 0.168. The second-order valence-corrected chi connectivity index (χ2v) is 10.6. The zero-order valence-corrected chi connectivity index (χ0v) is 19.8. The summed E-state index contributed by atoms with van der Waals surface area (Å²) in [5.74, 6) is 1.73. The number of benzene rings is 1. The Kier molecular flexibility index (Phi) is 5.59. The smallest absolute Gasteiger partial charge is 0.233 e. The van der Waals surface area contributed by atoms with Crippen LogP contribution in [0, 0.1) is 0 Å². The van der Waals surface area contributed by atoms with Crippen molar-refractivity contribution in [3.63, 3.8) is 0 Å². The van der Waals surface area contributed by atoms with Gasteiger partial charge >= 0.3 is 0 Å². The normalized spacial score (nSPS) is 18.7. The van der Waals surface area contributed by atoms with Crippen LogP contribution < -0.4 is 0 Å². The van der Waals surface area contributed by atoms with E-state index in [0.29, 0.717) is 17.7 Å². The van der Waals surface area contributed by atoms with Crippen molar-refractivity contribution < 1.29 is 4.79 Å². The molecule has 0 bridgehead atoms. The third kappa shape index (κ3) is 4.27. The fourth-order valence-electron chi connectivity index (χ4n) is 4.42. The van der Waals surface area contributed by atoms with Crippen LogP contribution in [0.15, 0.2) is 53.9 Å². The number of nitrogens with zero attached hydrogens (tertiary/aromatic N) is 6. The zero-order valence-electron chi connectivity index (χ0n) is 18.1. The first-order chi connectivity index (χ1) is 16.3. The molecule has 4 aromatic rings. The summed E-state index contributed by atoms with van der Waals surface area (Å²) in [5.41, 5.74) is 2.07. The number of carbonyl (C=O) groups is 1. The summed E-state index contributed by atoms with van der Waals surface area (Å²) in [4.78, 5) is 24.1. The minimum Gasteiger partial charge on any atom is -0.341 e. The van der Waals surface area contributed by atoms with Gasteiger partial charge in [-0.1, -0.05) is 23.9 Å². The number of rotatable bonds is 6. The Morgan fingerprint density at radius 1 is 1.09 bits per heavy atom. The Bertz CT molecular complexity index is 1250. The fourth-order valence-corrected chi connectivity index (χ4v) is 6.42. The zero-order chi connectivity index (χ0) is 22.2. The van der Waals surface area contributed by atoms with Crippen LogP contribution in [0.4, 0.5) is 0 Å². The summed E-state index contributed by atoms with van der Waals surface area (Å²) >= 11 is 3.26. The maximum atomic E-state index is 13.1. The van der Waals surface area contributed by atoms with Gasteiger partial charge in [0.25, 0.3) is 0 Å². The molecule has 1 amide bonds. The van der Waals surface area contributed by atoms with E-state index in [2.05, 4.69) is 37.9 Å². The number of para-hydroxylation sites is 1. The average Bonchev–Trinajstić information content (AvgIpc) is 3.46. The molecule has 3 aromatic heterocycles. The predicted octanol–water partition coefficient (Wildman–Crippen LogP) is 4.78. The molecule has 0 spiro atoms. The second-order valence-electron chi connectivity index (χ2n) is 8.63. The number of pyridine rings is 1. The molecule has 1 aromatic carbocycles. The molecule has 0 radical (unpaired) electrons. The van der Waals surface area contributed by atoms with Gasteiger partial charge in [-0.25, -0.2) is 4.98 Å². The number of amides is 1. The molecule has 1 saturated heterocycles. The summed E-state index contributed by atoms with van der Waals surface area (Å²) < 4.78 is 3.42. The number of likely N-dealkylation sites (tertiary alicyclic amines) is 1. The van der Waals surface area contributed by atoms with Crippen molar-refractivity contribution in [2.24, 2.45) is 0 Å². The van der Waals surface area contributed by atoms with Gasteiger partial charge in [0, 0.05) is 43.0 Å². The van der Waals surface area contributed by atoms with Crippen LogP contribution in [-0.4, -0.2) is 54.4 Å². The van der Waals surface area contributed by atoms with Gasteiger partial charge in [0.1, 0.15) is 0 Å². The van der Waals surface area contributed by atoms with Gasteiger partial charge in [-0.15, -0.1) is 21.5 Å². The van der Waals surface area contributed by atoms with Gasteiger partial charge in [-0.3, -0.25) is 14.3 Å². The molecule has 2 fully saturated rings. The van der Waals surface area contributed by atoms with E-state index in [-0.39, 0.29) is 5.91 Å². The molecule has 1 atom stereocenters. The van der Waals surface area contributed by atoms with Crippen LogP contribution in [0.25, 0.3) is 21.6 Å². The van der Waals surface area contributed by atoms with E-state index in [1.165, 1.54) is 16.5 Å². The fraction of sp³-hybridized carbons (Fsp3) is 0.375. The Morgan fingerprint density at radius 3 is 2.76 bits per heavy atom. The second kappa shape index (κ2) is 8.87. The number of fused-ring (bicyclic) bond motifs is 1. The molecule has 1 saturated carbocycles. The van der Waals surface area contributed by atoms with E-state index >= 15 is 0 Å². The minimum absolute atomic E-state index is 0.168. The molecule has 1 unspecified atom stereocenters. The summed E-state index contributed by atoms with van der Waals surface area (Å²) in [6, 6.07) is 12.6. The van der Waals surface area contributed by atoms with Crippen molar-refractivity contribution in [1.29, 1.82) is 0 Å². The molecule has 1 aliphatic heterocycles. The van der Waals surface area contributed by atoms with Crippen LogP contribution in [0.2, 0.25) is 0 Å². The highest BCUT2D eigenvalue weighted by Crippen LogP contribution is 2.41. The van der Waals surface area contributed by atoms with Crippen LogP contribution in [-0.2, 0) is 4.79 Å². The van der Waals surface area contributed by atoms with Crippen LogP contribution in [0.1, 0.15) is 42.7 Å². The number of hydrogen-bond acceptors (Lipinski definition) is 7. The molecule has 2 aliphatic rings.